The minimum absolute atomic E-state index is 0.0843. The standard InChI is InChI=1S/C16H21N3O3/c1-11-15(12(2)19(3)18-11)14(20)9-17-16(21)22-10-13-7-5-4-6-8-13/h4-8,14,20H,9-10H2,1-3H3,(H,17,21). The summed E-state index contributed by atoms with van der Waals surface area (Å²) in [5, 5.41) is 17.0. The van der Waals surface area contributed by atoms with E-state index < -0.39 is 12.2 Å². The highest BCUT2D eigenvalue weighted by molar-refractivity contribution is 5.67. The summed E-state index contributed by atoms with van der Waals surface area (Å²) in [7, 11) is 1.82. The maximum absolute atomic E-state index is 11.7. The lowest BCUT2D eigenvalue weighted by Crippen LogP contribution is -2.29. The van der Waals surface area contributed by atoms with Gasteiger partial charge in [0.15, 0.2) is 0 Å². The molecule has 2 aromatic rings. The van der Waals surface area contributed by atoms with Crippen LogP contribution in [0.15, 0.2) is 30.3 Å². The molecule has 6 nitrogen and oxygen atoms in total. The van der Waals surface area contributed by atoms with E-state index >= 15 is 0 Å². The molecular weight excluding hydrogens is 282 g/mol. The number of aliphatic hydroxyl groups excluding tert-OH is 1. The summed E-state index contributed by atoms with van der Waals surface area (Å²) < 4.78 is 6.81. The molecule has 0 radical (unpaired) electrons. The molecule has 2 rings (SSSR count). The SMILES string of the molecule is Cc1nn(C)c(C)c1C(O)CNC(=O)OCc1ccccc1. The van der Waals surface area contributed by atoms with Crippen molar-refractivity contribution in [3.05, 3.63) is 52.8 Å². The topological polar surface area (TPSA) is 76.4 Å². The third-order valence-corrected chi connectivity index (χ3v) is 3.55. The molecule has 0 spiro atoms. The number of carbonyl (C=O) groups excluding carboxylic acids is 1. The summed E-state index contributed by atoms with van der Waals surface area (Å²) in [6, 6.07) is 9.43. The summed E-state index contributed by atoms with van der Waals surface area (Å²) in [4.78, 5) is 11.7. The molecule has 2 N–H and O–H groups in total. The first-order chi connectivity index (χ1) is 10.5. The van der Waals surface area contributed by atoms with Crippen LogP contribution in [0.2, 0.25) is 0 Å². The van der Waals surface area contributed by atoms with Crippen LogP contribution < -0.4 is 5.32 Å². The van der Waals surface area contributed by atoms with Crippen molar-refractivity contribution < 1.29 is 14.6 Å². The fraction of sp³-hybridized carbons (Fsp3) is 0.375. The zero-order valence-electron chi connectivity index (χ0n) is 13.0. The fourth-order valence-corrected chi connectivity index (χ4v) is 2.33. The van der Waals surface area contributed by atoms with Gasteiger partial charge in [-0.1, -0.05) is 30.3 Å². The van der Waals surface area contributed by atoms with Gasteiger partial charge in [-0.25, -0.2) is 4.79 Å². The van der Waals surface area contributed by atoms with Gasteiger partial charge in [-0.05, 0) is 19.4 Å². The third-order valence-electron chi connectivity index (χ3n) is 3.55. The van der Waals surface area contributed by atoms with Crippen molar-refractivity contribution in [1.29, 1.82) is 0 Å². The van der Waals surface area contributed by atoms with Crippen LogP contribution in [-0.4, -0.2) is 27.5 Å². The van der Waals surface area contributed by atoms with Crippen molar-refractivity contribution in [3.8, 4) is 0 Å². The molecule has 0 aliphatic heterocycles. The van der Waals surface area contributed by atoms with Crippen LogP contribution in [0.25, 0.3) is 0 Å². The molecule has 0 bridgehead atoms. The number of amides is 1. The second kappa shape index (κ2) is 7.09. The number of rotatable bonds is 5. The third kappa shape index (κ3) is 3.85. The lowest BCUT2D eigenvalue weighted by Gasteiger charge is -2.13. The van der Waals surface area contributed by atoms with E-state index in [0.29, 0.717) is 0 Å². The molecular formula is C16H21N3O3. The Hall–Kier alpha value is -2.34. The second-order valence-electron chi connectivity index (χ2n) is 5.17. The van der Waals surface area contributed by atoms with Crippen LogP contribution in [-0.2, 0) is 18.4 Å². The van der Waals surface area contributed by atoms with Gasteiger partial charge in [-0.15, -0.1) is 0 Å². The monoisotopic (exact) mass is 303 g/mol. The minimum Gasteiger partial charge on any atom is -0.445 e. The summed E-state index contributed by atoms with van der Waals surface area (Å²) >= 11 is 0. The van der Waals surface area contributed by atoms with Gasteiger partial charge in [0.1, 0.15) is 6.61 Å². The number of nitrogens with zero attached hydrogens (tertiary/aromatic N) is 2. The van der Waals surface area contributed by atoms with Gasteiger partial charge in [0.05, 0.1) is 18.3 Å². The Morgan fingerprint density at radius 1 is 1.36 bits per heavy atom. The van der Waals surface area contributed by atoms with Crippen molar-refractivity contribution in [2.45, 2.75) is 26.6 Å². The van der Waals surface area contributed by atoms with Crippen LogP contribution >= 0.6 is 0 Å². The van der Waals surface area contributed by atoms with Crippen molar-refractivity contribution in [1.82, 2.24) is 15.1 Å². The first kappa shape index (κ1) is 16.0. The molecule has 0 aliphatic carbocycles. The number of aryl methyl sites for hydroxylation is 2. The quantitative estimate of drug-likeness (QED) is 0.885. The summed E-state index contributed by atoms with van der Waals surface area (Å²) in [5.41, 5.74) is 3.29. The normalized spacial score (nSPS) is 12.0. The zero-order valence-corrected chi connectivity index (χ0v) is 13.0. The number of hydrogen-bond donors (Lipinski definition) is 2. The number of ether oxygens (including phenoxy) is 1. The number of benzene rings is 1. The highest BCUT2D eigenvalue weighted by Crippen LogP contribution is 2.20. The van der Waals surface area contributed by atoms with E-state index in [-0.39, 0.29) is 13.2 Å². The van der Waals surface area contributed by atoms with Crippen LogP contribution in [0, 0.1) is 13.8 Å². The molecule has 1 amide bonds. The van der Waals surface area contributed by atoms with Crippen molar-refractivity contribution >= 4 is 6.09 Å². The molecule has 0 saturated heterocycles. The Morgan fingerprint density at radius 3 is 2.64 bits per heavy atom. The van der Waals surface area contributed by atoms with Gasteiger partial charge in [-0.3, -0.25) is 4.68 Å². The molecule has 1 aromatic carbocycles. The highest BCUT2D eigenvalue weighted by atomic mass is 16.5. The Bertz CT molecular complexity index is 638. The molecule has 1 atom stereocenters. The number of nitrogens with one attached hydrogen (secondary N) is 1. The van der Waals surface area contributed by atoms with Crippen molar-refractivity contribution in [2.24, 2.45) is 7.05 Å². The van der Waals surface area contributed by atoms with E-state index in [2.05, 4.69) is 10.4 Å². The maximum atomic E-state index is 11.7. The molecule has 0 fully saturated rings. The molecule has 1 heterocycles. The largest absolute Gasteiger partial charge is 0.445 e. The van der Waals surface area contributed by atoms with E-state index in [0.717, 1.165) is 22.5 Å². The molecule has 1 unspecified atom stereocenters. The summed E-state index contributed by atoms with van der Waals surface area (Å²) in [6.07, 6.45) is -1.36. The van der Waals surface area contributed by atoms with E-state index in [9.17, 15) is 9.90 Å². The molecule has 0 saturated carbocycles. The average Bonchev–Trinajstić information content (AvgIpc) is 2.76. The lowest BCUT2D eigenvalue weighted by atomic mass is 10.1. The van der Waals surface area contributed by atoms with Crippen LogP contribution in [0.1, 0.15) is 28.6 Å². The molecule has 6 heteroatoms. The predicted molar refractivity (Wildman–Crippen MR) is 82.3 cm³/mol. The fourth-order valence-electron chi connectivity index (χ4n) is 2.33. The Kier molecular flexibility index (Phi) is 5.16. The van der Waals surface area contributed by atoms with Crippen molar-refractivity contribution in [2.75, 3.05) is 6.54 Å². The number of alkyl carbamates (subject to hydrolysis) is 1. The zero-order chi connectivity index (χ0) is 16.1. The summed E-state index contributed by atoms with van der Waals surface area (Å²) in [6.45, 7) is 4.00. The minimum atomic E-state index is -0.807. The maximum Gasteiger partial charge on any atom is 0.407 e. The van der Waals surface area contributed by atoms with Crippen LogP contribution in [0.4, 0.5) is 4.79 Å². The predicted octanol–water partition coefficient (Wildman–Crippen LogP) is 2.00. The molecule has 22 heavy (non-hydrogen) atoms. The van der Waals surface area contributed by atoms with Gasteiger partial charge >= 0.3 is 6.09 Å². The number of hydrogen-bond acceptors (Lipinski definition) is 4. The molecule has 0 aliphatic rings. The van der Waals surface area contributed by atoms with Gasteiger partial charge in [-0.2, -0.15) is 5.10 Å². The average molecular weight is 303 g/mol. The molecule has 1 aromatic heterocycles. The van der Waals surface area contributed by atoms with E-state index in [1.54, 1.807) is 4.68 Å². The van der Waals surface area contributed by atoms with Gasteiger partial charge in [0.25, 0.3) is 0 Å². The smallest absolute Gasteiger partial charge is 0.407 e. The van der Waals surface area contributed by atoms with Crippen LogP contribution in [0.5, 0.6) is 0 Å². The Labute approximate surface area is 129 Å². The highest BCUT2D eigenvalue weighted by Gasteiger charge is 2.18. The van der Waals surface area contributed by atoms with Gasteiger partial charge in [0.2, 0.25) is 0 Å². The second-order valence-corrected chi connectivity index (χ2v) is 5.17. The number of aromatic nitrogens is 2. The number of carbonyl (C=O) groups is 1. The van der Waals surface area contributed by atoms with E-state index in [4.69, 9.17) is 4.74 Å². The lowest BCUT2D eigenvalue weighted by molar-refractivity contribution is 0.125. The van der Waals surface area contributed by atoms with E-state index in [1.165, 1.54) is 0 Å². The van der Waals surface area contributed by atoms with Crippen molar-refractivity contribution in [3.63, 3.8) is 0 Å². The first-order valence-corrected chi connectivity index (χ1v) is 7.11. The molecule has 118 valence electrons. The van der Waals surface area contributed by atoms with Gasteiger partial charge in [0, 0.05) is 18.3 Å². The van der Waals surface area contributed by atoms with E-state index in [1.807, 2.05) is 51.2 Å². The van der Waals surface area contributed by atoms with Gasteiger partial charge < -0.3 is 15.2 Å². The Morgan fingerprint density at radius 2 is 2.05 bits per heavy atom. The number of aliphatic hydroxyl groups is 1. The summed E-state index contributed by atoms with van der Waals surface area (Å²) in [5.74, 6) is 0. The van der Waals surface area contributed by atoms with Crippen LogP contribution in [0.3, 0.4) is 0 Å². The first-order valence-electron chi connectivity index (χ1n) is 7.11. The Balaban J connectivity index is 1.83.